The second kappa shape index (κ2) is 6.12. The Labute approximate surface area is 95.0 Å². The minimum Gasteiger partial charge on any atom is -0.550 e. The van der Waals surface area contributed by atoms with Crippen molar-refractivity contribution in [2.24, 2.45) is 0 Å². The summed E-state index contributed by atoms with van der Waals surface area (Å²) in [6.45, 7) is 2.73. The van der Waals surface area contributed by atoms with Crippen LogP contribution in [0.4, 0.5) is 0 Å². The standard InChI is InChI=1S/C12H17NO3/c1-2-7-16-10-5-3-9(4-6-10)11(13)8-12(14)15/h3-6,11H,2,7-8,13H2,1H3,(H,14,15)/t11-/m0/s1. The van der Waals surface area contributed by atoms with Gasteiger partial charge in [0.1, 0.15) is 11.8 Å². The number of ether oxygens (including phenoxy) is 1. The summed E-state index contributed by atoms with van der Waals surface area (Å²) in [4.78, 5) is 10.4. The number of benzene rings is 1. The molecule has 0 amide bonds. The number of carboxylic acids is 1. The van der Waals surface area contributed by atoms with Crippen molar-refractivity contribution in [3.8, 4) is 5.75 Å². The summed E-state index contributed by atoms with van der Waals surface area (Å²) in [5.74, 6) is -0.280. The highest BCUT2D eigenvalue weighted by Crippen LogP contribution is 2.17. The molecule has 1 rings (SSSR count). The van der Waals surface area contributed by atoms with Gasteiger partial charge < -0.3 is 20.4 Å². The highest BCUT2D eigenvalue weighted by Gasteiger charge is 2.09. The molecule has 3 N–H and O–H groups in total. The zero-order chi connectivity index (χ0) is 12.0. The number of carbonyl (C=O) groups excluding carboxylic acids is 1. The molecular weight excluding hydrogens is 206 g/mol. The van der Waals surface area contributed by atoms with Crippen molar-refractivity contribution in [2.75, 3.05) is 6.61 Å². The Kier molecular flexibility index (Phi) is 4.79. The number of aliphatic carboxylic acids is 1. The third kappa shape index (κ3) is 3.90. The highest BCUT2D eigenvalue weighted by molar-refractivity contribution is 5.65. The van der Waals surface area contributed by atoms with E-state index in [-0.39, 0.29) is 12.5 Å². The zero-order valence-electron chi connectivity index (χ0n) is 9.44. The maximum absolute atomic E-state index is 10.4. The zero-order valence-corrected chi connectivity index (χ0v) is 9.44. The molecule has 1 aromatic carbocycles. The van der Waals surface area contributed by atoms with E-state index >= 15 is 0 Å². The fourth-order valence-corrected chi connectivity index (χ4v) is 1.38. The molecule has 0 saturated heterocycles. The first-order valence-corrected chi connectivity index (χ1v) is 5.39. The lowest BCUT2D eigenvalue weighted by atomic mass is 10.1. The van der Waals surface area contributed by atoms with Crippen LogP contribution < -0.4 is 15.6 Å². The first kappa shape index (κ1) is 12.5. The van der Waals surface area contributed by atoms with Gasteiger partial charge in [0.15, 0.2) is 0 Å². The van der Waals surface area contributed by atoms with Crippen LogP contribution in [0, 0.1) is 0 Å². The van der Waals surface area contributed by atoms with Crippen molar-refractivity contribution in [3.05, 3.63) is 29.8 Å². The normalized spacial score (nSPS) is 12.1. The van der Waals surface area contributed by atoms with Crippen LogP contribution >= 0.6 is 0 Å². The summed E-state index contributed by atoms with van der Waals surface area (Å²) in [5.41, 5.74) is 4.66. The van der Waals surface area contributed by atoms with Crippen LogP contribution in [0.15, 0.2) is 24.3 Å². The third-order valence-electron chi connectivity index (χ3n) is 2.24. The lowest BCUT2D eigenvalue weighted by molar-refractivity contribution is -0.430. The molecule has 0 fully saturated rings. The van der Waals surface area contributed by atoms with Crippen LogP contribution in [-0.4, -0.2) is 12.6 Å². The Balaban J connectivity index is 2.59. The minimum atomic E-state index is -1.08. The SMILES string of the molecule is CCCOc1ccc([C@@H]([NH3+])CC(=O)[O-])cc1. The van der Waals surface area contributed by atoms with Crippen LogP contribution in [0.2, 0.25) is 0 Å². The first-order chi connectivity index (χ1) is 7.63. The Hall–Kier alpha value is -1.55. The van der Waals surface area contributed by atoms with Gasteiger partial charge in [-0.05, 0) is 30.7 Å². The lowest BCUT2D eigenvalue weighted by Crippen LogP contribution is -2.55. The molecule has 0 spiro atoms. The summed E-state index contributed by atoms with van der Waals surface area (Å²) < 4.78 is 5.42. The molecule has 0 aliphatic heterocycles. The highest BCUT2D eigenvalue weighted by atomic mass is 16.5. The summed E-state index contributed by atoms with van der Waals surface area (Å²) in [6.07, 6.45) is 0.902. The van der Waals surface area contributed by atoms with E-state index in [1.807, 2.05) is 31.2 Å². The average molecular weight is 223 g/mol. The predicted molar refractivity (Wildman–Crippen MR) is 57.5 cm³/mol. The molecule has 0 aliphatic carbocycles. The molecule has 1 aromatic rings. The molecule has 0 saturated carbocycles. The Morgan fingerprint density at radius 3 is 2.56 bits per heavy atom. The van der Waals surface area contributed by atoms with Gasteiger partial charge in [-0.25, -0.2) is 0 Å². The van der Waals surface area contributed by atoms with Gasteiger partial charge in [0, 0.05) is 18.0 Å². The maximum atomic E-state index is 10.4. The van der Waals surface area contributed by atoms with Crippen molar-refractivity contribution in [2.45, 2.75) is 25.8 Å². The summed E-state index contributed by atoms with van der Waals surface area (Å²) >= 11 is 0. The molecule has 1 atom stereocenters. The second-order valence-corrected chi connectivity index (χ2v) is 3.69. The van der Waals surface area contributed by atoms with E-state index in [2.05, 4.69) is 5.73 Å². The second-order valence-electron chi connectivity index (χ2n) is 3.69. The topological polar surface area (TPSA) is 77.0 Å². The first-order valence-electron chi connectivity index (χ1n) is 5.39. The fraction of sp³-hybridized carbons (Fsp3) is 0.417. The minimum absolute atomic E-state index is 0.0604. The van der Waals surface area contributed by atoms with Crippen LogP contribution in [-0.2, 0) is 4.79 Å². The van der Waals surface area contributed by atoms with E-state index in [0.717, 1.165) is 17.7 Å². The van der Waals surface area contributed by atoms with E-state index in [0.29, 0.717) is 6.61 Å². The fourth-order valence-electron chi connectivity index (χ4n) is 1.38. The third-order valence-corrected chi connectivity index (χ3v) is 2.24. The average Bonchev–Trinajstić information content (AvgIpc) is 2.26. The van der Waals surface area contributed by atoms with Crippen LogP contribution in [0.25, 0.3) is 0 Å². The van der Waals surface area contributed by atoms with E-state index in [9.17, 15) is 9.90 Å². The molecule has 0 radical (unpaired) electrons. The largest absolute Gasteiger partial charge is 0.550 e. The molecular formula is C12H17NO3. The van der Waals surface area contributed by atoms with Crippen molar-refractivity contribution >= 4 is 5.97 Å². The van der Waals surface area contributed by atoms with E-state index in [1.54, 1.807) is 0 Å². The monoisotopic (exact) mass is 223 g/mol. The van der Waals surface area contributed by atoms with Gasteiger partial charge in [0.2, 0.25) is 0 Å². The van der Waals surface area contributed by atoms with Gasteiger partial charge in [0.25, 0.3) is 0 Å². The number of rotatable bonds is 6. The summed E-state index contributed by atoms with van der Waals surface area (Å²) in [7, 11) is 0. The van der Waals surface area contributed by atoms with Gasteiger partial charge in [-0.1, -0.05) is 6.92 Å². The van der Waals surface area contributed by atoms with Gasteiger partial charge in [-0.15, -0.1) is 0 Å². The van der Waals surface area contributed by atoms with Crippen LogP contribution in [0.1, 0.15) is 31.4 Å². The number of hydrogen-bond acceptors (Lipinski definition) is 3. The molecule has 4 heteroatoms. The maximum Gasteiger partial charge on any atom is 0.119 e. The van der Waals surface area contributed by atoms with E-state index in [1.165, 1.54) is 0 Å². The molecule has 0 heterocycles. The summed E-state index contributed by atoms with van der Waals surface area (Å²) in [6, 6.07) is 7.07. The number of carbonyl (C=O) groups is 1. The van der Waals surface area contributed by atoms with Crippen molar-refractivity contribution in [1.82, 2.24) is 0 Å². The predicted octanol–water partition coefficient (Wildman–Crippen LogP) is -0.102. The Morgan fingerprint density at radius 1 is 1.44 bits per heavy atom. The van der Waals surface area contributed by atoms with E-state index in [4.69, 9.17) is 4.74 Å². The molecule has 88 valence electrons. The quantitative estimate of drug-likeness (QED) is 0.731. The van der Waals surface area contributed by atoms with Gasteiger partial charge in [0.05, 0.1) is 6.61 Å². The molecule has 0 aliphatic rings. The molecule has 0 aromatic heterocycles. The van der Waals surface area contributed by atoms with Crippen LogP contribution in [0.3, 0.4) is 0 Å². The van der Waals surface area contributed by atoms with Gasteiger partial charge in [-0.2, -0.15) is 0 Å². The van der Waals surface area contributed by atoms with Crippen molar-refractivity contribution in [3.63, 3.8) is 0 Å². The van der Waals surface area contributed by atoms with Crippen LogP contribution in [0.5, 0.6) is 5.75 Å². The molecule has 0 bridgehead atoms. The number of carboxylic acid groups (broad SMARTS) is 1. The molecule has 16 heavy (non-hydrogen) atoms. The number of hydrogen-bond donors (Lipinski definition) is 1. The van der Waals surface area contributed by atoms with Gasteiger partial charge >= 0.3 is 0 Å². The van der Waals surface area contributed by atoms with Gasteiger partial charge in [-0.3, -0.25) is 0 Å². The lowest BCUT2D eigenvalue weighted by Gasteiger charge is -2.10. The Morgan fingerprint density at radius 2 is 2.06 bits per heavy atom. The van der Waals surface area contributed by atoms with Crippen molar-refractivity contribution in [1.29, 1.82) is 0 Å². The van der Waals surface area contributed by atoms with E-state index < -0.39 is 5.97 Å². The smallest absolute Gasteiger partial charge is 0.119 e. The molecule has 0 unspecified atom stereocenters. The Bertz CT molecular complexity index is 335. The number of quaternary nitrogens is 1. The molecule has 4 nitrogen and oxygen atoms in total. The van der Waals surface area contributed by atoms with Crippen molar-refractivity contribution < 1.29 is 20.4 Å². The summed E-state index contributed by atoms with van der Waals surface area (Å²) in [5, 5.41) is 10.4.